The second-order valence-electron chi connectivity index (χ2n) is 5.49. The first-order chi connectivity index (χ1) is 11.7. The van der Waals surface area contributed by atoms with E-state index in [4.69, 9.17) is 23.8 Å². The van der Waals surface area contributed by atoms with Gasteiger partial charge in [0.1, 0.15) is 0 Å². The van der Waals surface area contributed by atoms with Crippen LogP contribution >= 0.6 is 35.2 Å². The molecule has 0 amide bonds. The van der Waals surface area contributed by atoms with Crippen molar-refractivity contribution in [1.29, 1.82) is 0 Å². The van der Waals surface area contributed by atoms with Crippen LogP contribution in [-0.4, -0.2) is 10.1 Å². The molecule has 0 unspecified atom stereocenters. The molecule has 0 aliphatic carbocycles. The maximum Gasteiger partial charge on any atom is 0.174 e. The molecule has 0 radical (unpaired) electrons. The third-order valence-corrected chi connectivity index (χ3v) is 5.55. The number of halogens is 1. The molecule has 120 valence electrons. The molecule has 1 fully saturated rings. The van der Waals surface area contributed by atoms with Gasteiger partial charge in [0, 0.05) is 21.8 Å². The highest BCUT2D eigenvalue weighted by atomic mass is 35.5. The van der Waals surface area contributed by atoms with E-state index in [0.29, 0.717) is 10.1 Å². The van der Waals surface area contributed by atoms with Crippen LogP contribution in [0, 0.1) is 0 Å². The van der Waals surface area contributed by atoms with Crippen molar-refractivity contribution in [3.63, 3.8) is 0 Å². The monoisotopic (exact) mass is 371 g/mol. The van der Waals surface area contributed by atoms with E-state index in [2.05, 4.69) is 32.7 Å². The molecule has 1 saturated heterocycles. The second-order valence-corrected chi connectivity index (χ2v) is 7.29. The highest BCUT2D eigenvalue weighted by molar-refractivity contribution is 7.80. The molecule has 0 spiro atoms. The summed E-state index contributed by atoms with van der Waals surface area (Å²) in [5.74, 6) is 0. The fraction of sp³-hybridized carbons (Fsp3) is 0.111. The lowest BCUT2D eigenvalue weighted by atomic mass is 10.0. The first-order valence-corrected chi connectivity index (χ1v) is 9.20. The summed E-state index contributed by atoms with van der Waals surface area (Å²) in [7, 11) is 0. The topological polar surface area (TPSA) is 28.2 Å². The third kappa shape index (κ3) is 2.79. The predicted molar refractivity (Wildman–Crippen MR) is 104 cm³/mol. The molecule has 3 aromatic rings. The van der Waals surface area contributed by atoms with Crippen molar-refractivity contribution in [2.75, 3.05) is 4.90 Å². The summed E-state index contributed by atoms with van der Waals surface area (Å²) >= 11 is 13.4. The van der Waals surface area contributed by atoms with Gasteiger partial charge in [-0.2, -0.15) is 0 Å². The van der Waals surface area contributed by atoms with Gasteiger partial charge in [-0.15, -0.1) is 11.3 Å². The molecule has 0 bridgehead atoms. The number of benzene rings is 1. The third-order valence-electron chi connectivity index (χ3n) is 4.04. The number of rotatable bonds is 3. The van der Waals surface area contributed by atoms with Gasteiger partial charge < -0.3 is 10.2 Å². The molecule has 1 aliphatic heterocycles. The van der Waals surface area contributed by atoms with E-state index in [0.717, 1.165) is 11.4 Å². The summed E-state index contributed by atoms with van der Waals surface area (Å²) in [6, 6.07) is 18.0. The molecule has 24 heavy (non-hydrogen) atoms. The quantitative estimate of drug-likeness (QED) is 0.657. The van der Waals surface area contributed by atoms with Crippen LogP contribution in [0.15, 0.2) is 66.2 Å². The number of nitrogens with zero attached hydrogens (tertiary/aromatic N) is 2. The van der Waals surface area contributed by atoms with Crippen LogP contribution < -0.4 is 10.2 Å². The van der Waals surface area contributed by atoms with Gasteiger partial charge >= 0.3 is 0 Å². The molecule has 2 aromatic heterocycles. The number of hydrogen-bond acceptors (Lipinski definition) is 3. The molecule has 6 heteroatoms. The van der Waals surface area contributed by atoms with Crippen LogP contribution in [0.2, 0.25) is 5.02 Å². The molecular formula is C18H14ClN3S2. The van der Waals surface area contributed by atoms with Gasteiger partial charge in [-0.3, -0.25) is 4.98 Å². The minimum atomic E-state index is 0.00743. The highest BCUT2D eigenvalue weighted by Gasteiger charge is 2.41. The fourth-order valence-electron chi connectivity index (χ4n) is 2.98. The van der Waals surface area contributed by atoms with Crippen molar-refractivity contribution >= 4 is 46.0 Å². The lowest BCUT2D eigenvalue weighted by Crippen LogP contribution is -2.28. The average Bonchev–Trinajstić information content (AvgIpc) is 3.24. The number of hydrogen-bond donors (Lipinski definition) is 1. The molecule has 1 N–H and O–H groups in total. The number of pyridine rings is 1. The number of nitrogens with one attached hydrogen (secondary N) is 1. The minimum absolute atomic E-state index is 0.00743. The van der Waals surface area contributed by atoms with Crippen LogP contribution in [0.3, 0.4) is 0 Å². The average molecular weight is 372 g/mol. The molecule has 0 saturated carbocycles. The lowest BCUT2D eigenvalue weighted by molar-refractivity contribution is 0.575. The van der Waals surface area contributed by atoms with Gasteiger partial charge in [-0.05, 0) is 60.1 Å². The Bertz CT molecular complexity index is 834. The number of aromatic nitrogens is 1. The van der Waals surface area contributed by atoms with Gasteiger partial charge in [0.15, 0.2) is 5.11 Å². The summed E-state index contributed by atoms with van der Waals surface area (Å²) in [5.41, 5.74) is 2.00. The van der Waals surface area contributed by atoms with Crippen LogP contribution in [0.1, 0.15) is 22.7 Å². The summed E-state index contributed by atoms with van der Waals surface area (Å²) in [6.45, 7) is 0. The molecule has 1 aliphatic rings. The Kier molecular flexibility index (Phi) is 4.22. The van der Waals surface area contributed by atoms with Crippen molar-refractivity contribution in [2.24, 2.45) is 0 Å². The Morgan fingerprint density at radius 2 is 1.92 bits per heavy atom. The summed E-state index contributed by atoms with van der Waals surface area (Å²) in [4.78, 5) is 7.93. The Hall–Kier alpha value is -1.95. The van der Waals surface area contributed by atoms with Crippen molar-refractivity contribution < 1.29 is 0 Å². The lowest BCUT2D eigenvalue weighted by Gasteiger charge is -2.26. The highest BCUT2D eigenvalue weighted by Crippen LogP contribution is 2.42. The van der Waals surface area contributed by atoms with Crippen molar-refractivity contribution in [3.8, 4) is 0 Å². The van der Waals surface area contributed by atoms with E-state index in [1.165, 1.54) is 4.88 Å². The Morgan fingerprint density at radius 3 is 2.58 bits per heavy atom. The normalized spacial score (nSPS) is 20.2. The zero-order chi connectivity index (χ0) is 16.5. The van der Waals surface area contributed by atoms with Gasteiger partial charge in [0.05, 0.1) is 17.8 Å². The maximum atomic E-state index is 6.04. The molecule has 2 atom stereocenters. The Labute approximate surface area is 154 Å². The maximum absolute atomic E-state index is 6.04. The van der Waals surface area contributed by atoms with Gasteiger partial charge in [-0.25, -0.2) is 0 Å². The fourth-order valence-corrected chi connectivity index (χ4v) is 4.31. The zero-order valence-corrected chi connectivity index (χ0v) is 15.0. The van der Waals surface area contributed by atoms with E-state index in [-0.39, 0.29) is 12.1 Å². The minimum Gasteiger partial charge on any atom is -0.351 e. The standard InChI is InChI=1S/C18H14ClN3S2/c19-12-6-8-13(9-7-12)22-17(15-5-3-11-24-15)16(21-18(22)23)14-4-1-2-10-20-14/h1-11,16-17H,(H,21,23)/t16-,17+/m0/s1. The molecule has 3 heterocycles. The largest absolute Gasteiger partial charge is 0.351 e. The summed E-state index contributed by atoms with van der Waals surface area (Å²) < 4.78 is 0. The molecule has 3 nitrogen and oxygen atoms in total. The number of thiocarbonyl (C=S) groups is 1. The van der Waals surface area contributed by atoms with Crippen LogP contribution in [0.5, 0.6) is 0 Å². The predicted octanol–water partition coefficient (Wildman–Crippen LogP) is 4.97. The second kappa shape index (κ2) is 6.51. The van der Waals surface area contributed by atoms with Crippen LogP contribution in [-0.2, 0) is 0 Å². The Balaban J connectivity index is 1.80. The van der Waals surface area contributed by atoms with Gasteiger partial charge in [-0.1, -0.05) is 23.7 Å². The summed E-state index contributed by atoms with van der Waals surface area (Å²) in [6.07, 6.45) is 1.82. The van der Waals surface area contributed by atoms with E-state index in [1.807, 2.05) is 48.7 Å². The Morgan fingerprint density at radius 1 is 1.08 bits per heavy atom. The zero-order valence-electron chi connectivity index (χ0n) is 12.6. The van der Waals surface area contributed by atoms with Gasteiger partial charge in [0.25, 0.3) is 0 Å². The first-order valence-electron chi connectivity index (χ1n) is 7.53. The van der Waals surface area contributed by atoms with Gasteiger partial charge in [0.2, 0.25) is 0 Å². The number of anilines is 1. The molecule has 4 rings (SSSR count). The van der Waals surface area contributed by atoms with Crippen LogP contribution in [0.25, 0.3) is 0 Å². The summed E-state index contributed by atoms with van der Waals surface area (Å²) in [5, 5.41) is 6.94. The van der Waals surface area contributed by atoms with E-state index in [1.54, 1.807) is 11.3 Å². The molecule has 1 aromatic carbocycles. The van der Waals surface area contributed by atoms with Crippen molar-refractivity contribution in [1.82, 2.24) is 10.3 Å². The van der Waals surface area contributed by atoms with E-state index in [9.17, 15) is 0 Å². The van der Waals surface area contributed by atoms with E-state index < -0.39 is 0 Å². The smallest absolute Gasteiger partial charge is 0.174 e. The van der Waals surface area contributed by atoms with Crippen molar-refractivity contribution in [2.45, 2.75) is 12.1 Å². The molecular weight excluding hydrogens is 358 g/mol. The van der Waals surface area contributed by atoms with Crippen molar-refractivity contribution in [3.05, 3.63) is 81.8 Å². The van der Waals surface area contributed by atoms with Crippen LogP contribution in [0.4, 0.5) is 5.69 Å². The number of thiophene rings is 1. The van der Waals surface area contributed by atoms with E-state index >= 15 is 0 Å². The first kappa shape index (κ1) is 15.6. The SMILES string of the molecule is S=C1N[C@@H](c2ccccn2)[C@@H](c2cccs2)N1c1ccc(Cl)cc1.